The number of rotatable bonds is 10. The first-order chi connectivity index (χ1) is 16.0. The molecule has 0 heterocycles. The summed E-state index contributed by atoms with van der Waals surface area (Å²) >= 11 is 1.69. The highest BCUT2D eigenvalue weighted by molar-refractivity contribution is 7.99. The molecular weight excluding hydrogens is 428 g/mol. The van der Waals surface area contributed by atoms with E-state index in [1.165, 1.54) is 29.7 Å². The smallest absolute Gasteiger partial charge is 0.243 e. The second-order valence-electron chi connectivity index (χ2n) is 9.19. The van der Waals surface area contributed by atoms with Gasteiger partial charge >= 0.3 is 0 Å². The summed E-state index contributed by atoms with van der Waals surface area (Å²) in [5.41, 5.74) is 3.46. The zero-order valence-corrected chi connectivity index (χ0v) is 21.1. The molecule has 4 nitrogen and oxygen atoms in total. The first kappa shape index (κ1) is 25.4. The van der Waals surface area contributed by atoms with Crippen LogP contribution in [-0.4, -0.2) is 34.6 Å². The van der Waals surface area contributed by atoms with Crippen LogP contribution >= 0.6 is 11.8 Å². The van der Waals surface area contributed by atoms with E-state index < -0.39 is 6.04 Å². The second kappa shape index (κ2) is 12.8. The van der Waals surface area contributed by atoms with E-state index in [1.807, 2.05) is 24.0 Å². The Hall–Kier alpha value is -2.27. The predicted octanol–water partition coefficient (Wildman–Crippen LogP) is 6.04. The molecule has 2 aromatic rings. The maximum atomic E-state index is 13.4. The van der Waals surface area contributed by atoms with Crippen LogP contribution < -0.4 is 5.32 Å². The fourth-order valence-corrected chi connectivity index (χ4v) is 5.35. The number of thioether (sulfide) groups is 1. The van der Waals surface area contributed by atoms with Crippen molar-refractivity contribution in [1.29, 1.82) is 0 Å². The van der Waals surface area contributed by atoms with Crippen molar-refractivity contribution in [2.45, 2.75) is 89.2 Å². The van der Waals surface area contributed by atoms with Crippen LogP contribution in [0.1, 0.15) is 68.6 Å². The van der Waals surface area contributed by atoms with Crippen molar-refractivity contribution in [3.63, 3.8) is 0 Å². The van der Waals surface area contributed by atoms with Gasteiger partial charge in [0.2, 0.25) is 11.8 Å². The third kappa shape index (κ3) is 7.92. The van der Waals surface area contributed by atoms with Crippen molar-refractivity contribution >= 4 is 23.6 Å². The number of aryl methyl sites for hydroxylation is 2. The molecule has 0 aromatic heterocycles. The largest absolute Gasteiger partial charge is 0.352 e. The van der Waals surface area contributed by atoms with E-state index in [1.54, 1.807) is 11.8 Å². The first-order valence-corrected chi connectivity index (χ1v) is 13.3. The summed E-state index contributed by atoms with van der Waals surface area (Å²) < 4.78 is 0. The van der Waals surface area contributed by atoms with E-state index in [4.69, 9.17) is 0 Å². The molecule has 1 atom stereocenters. The summed E-state index contributed by atoms with van der Waals surface area (Å²) in [6.45, 7) is 6.60. The van der Waals surface area contributed by atoms with Gasteiger partial charge in [0.25, 0.3) is 0 Å². The van der Waals surface area contributed by atoms with Crippen molar-refractivity contribution in [2.24, 2.45) is 0 Å². The summed E-state index contributed by atoms with van der Waals surface area (Å²) in [6.07, 6.45) is 6.70. The Labute approximate surface area is 203 Å². The maximum Gasteiger partial charge on any atom is 0.243 e. The molecule has 0 aliphatic heterocycles. The molecule has 1 N–H and O–H groups in total. The third-order valence-electron chi connectivity index (χ3n) is 6.38. The van der Waals surface area contributed by atoms with Gasteiger partial charge in [-0.25, -0.2) is 0 Å². The van der Waals surface area contributed by atoms with Gasteiger partial charge in [-0.15, -0.1) is 11.8 Å². The number of hydrogen-bond acceptors (Lipinski definition) is 3. The van der Waals surface area contributed by atoms with Crippen LogP contribution in [0.25, 0.3) is 0 Å². The number of hydrogen-bond donors (Lipinski definition) is 1. The Balaban J connectivity index is 1.69. The van der Waals surface area contributed by atoms with Crippen LogP contribution in [0.3, 0.4) is 0 Å². The number of carbonyl (C=O) groups excluding carboxylic acids is 2. The lowest BCUT2D eigenvalue weighted by molar-refractivity contribution is -0.141. The Morgan fingerprint density at radius 2 is 1.76 bits per heavy atom. The van der Waals surface area contributed by atoms with Gasteiger partial charge in [0.05, 0.1) is 0 Å². The first-order valence-electron chi connectivity index (χ1n) is 12.3. The van der Waals surface area contributed by atoms with Gasteiger partial charge in [-0.1, -0.05) is 73.7 Å². The lowest BCUT2D eigenvalue weighted by Crippen LogP contribution is -2.51. The van der Waals surface area contributed by atoms with E-state index in [2.05, 4.69) is 55.6 Å². The summed E-state index contributed by atoms with van der Waals surface area (Å²) in [6, 6.07) is 16.4. The highest BCUT2D eigenvalue weighted by Crippen LogP contribution is 2.22. The van der Waals surface area contributed by atoms with E-state index in [0.717, 1.165) is 24.0 Å². The number of nitrogens with zero attached hydrogens (tertiary/aromatic N) is 1. The lowest BCUT2D eigenvalue weighted by atomic mass is 9.95. The minimum atomic E-state index is -0.440. The van der Waals surface area contributed by atoms with Crippen molar-refractivity contribution in [2.75, 3.05) is 5.75 Å². The molecule has 0 bridgehead atoms. The topological polar surface area (TPSA) is 49.4 Å². The van der Waals surface area contributed by atoms with Gasteiger partial charge in [-0.05, 0) is 50.8 Å². The Bertz CT molecular complexity index is 906. The highest BCUT2D eigenvalue weighted by Gasteiger charge is 2.30. The van der Waals surface area contributed by atoms with Crippen LogP contribution in [-0.2, 0) is 16.1 Å². The van der Waals surface area contributed by atoms with Gasteiger partial charge < -0.3 is 10.2 Å². The Morgan fingerprint density at radius 3 is 2.42 bits per heavy atom. The predicted molar refractivity (Wildman–Crippen MR) is 137 cm³/mol. The van der Waals surface area contributed by atoms with Crippen molar-refractivity contribution in [1.82, 2.24) is 10.2 Å². The molecule has 5 heteroatoms. The van der Waals surface area contributed by atoms with Gasteiger partial charge in [0.1, 0.15) is 6.04 Å². The number of benzene rings is 2. The fourth-order valence-electron chi connectivity index (χ4n) is 4.51. The lowest BCUT2D eigenvalue weighted by Gasteiger charge is -2.33. The summed E-state index contributed by atoms with van der Waals surface area (Å²) in [7, 11) is 0. The minimum Gasteiger partial charge on any atom is -0.352 e. The van der Waals surface area contributed by atoms with E-state index in [-0.39, 0.29) is 17.9 Å². The van der Waals surface area contributed by atoms with Gasteiger partial charge in [-0.2, -0.15) is 0 Å². The van der Waals surface area contributed by atoms with Crippen molar-refractivity contribution in [3.05, 3.63) is 65.2 Å². The standard InChI is InChI=1S/C28H38N2O2S/c1-4-26(28(32)29-24-11-6-5-7-12-24)30(20-23-10-8-9-22(3)19-23)27(31)17-18-33-25-15-13-21(2)14-16-25/h8-10,13-16,19,24,26H,4-7,11-12,17-18,20H2,1-3H3,(H,29,32)/t26-/m0/s1. The van der Waals surface area contributed by atoms with Crippen LogP contribution in [0.4, 0.5) is 0 Å². The molecule has 1 fully saturated rings. The number of amides is 2. The molecule has 0 spiro atoms. The third-order valence-corrected chi connectivity index (χ3v) is 7.39. The molecule has 178 valence electrons. The average Bonchev–Trinajstić information content (AvgIpc) is 2.81. The van der Waals surface area contributed by atoms with E-state index >= 15 is 0 Å². The second-order valence-corrected chi connectivity index (χ2v) is 10.4. The van der Waals surface area contributed by atoms with Gasteiger partial charge in [0, 0.05) is 29.7 Å². The van der Waals surface area contributed by atoms with Crippen molar-refractivity contribution < 1.29 is 9.59 Å². The van der Waals surface area contributed by atoms with Crippen molar-refractivity contribution in [3.8, 4) is 0 Å². The van der Waals surface area contributed by atoms with Gasteiger partial charge in [-0.3, -0.25) is 9.59 Å². The zero-order valence-electron chi connectivity index (χ0n) is 20.3. The quantitative estimate of drug-likeness (QED) is 0.434. The zero-order chi connectivity index (χ0) is 23.6. The van der Waals surface area contributed by atoms with E-state index in [9.17, 15) is 9.59 Å². The molecule has 2 aromatic carbocycles. The molecule has 1 saturated carbocycles. The van der Waals surface area contributed by atoms with Crippen LogP contribution in [0, 0.1) is 13.8 Å². The highest BCUT2D eigenvalue weighted by atomic mass is 32.2. The fraction of sp³-hybridized carbons (Fsp3) is 0.500. The molecule has 0 radical (unpaired) electrons. The number of carbonyl (C=O) groups is 2. The van der Waals surface area contributed by atoms with Crippen LogP contribution in [0.2, 0.25) is 0 Å². The molecule has 0 unspecified atom stereocenters. The Morgan fingerprint density at radius 1 is 1.03 bits per heavy atom. The summed E-state index contributed by atoms with van der Waals surface area (Å²) in [4.78, 5) is 29.6. The van der Waals surface area contributed by atoms with Gasteiger partial charge in [0.15, 0.2) is 0 Å². The summed E-state index contributed by atoms with van der Waals surface area (Å²) in [5, 5.41) is 3.25. The molecule has 33 heavy (non-hydrogen) atoms. The monoisotopic (exact) mass is 466 g/mol. The molecule has 0 saturated heterocycles. The molecule has 2 amide bonds. The maximum absolute atomic E-state index is 13.4. The van der Waals surface area contributed by atoms with Crippen LogP contribution in [0.15, 0.2) is 53.4 Å². The molecule has 3 rings (SSSR count). The normalized spacial score (nSPS) is 15.1. The average molecular weight is 467 g/mol. The Kier molecular flexibility index (Phi) is 9.86. The summed E-state index contributed by atoms with van der Waals surface area (Å²) in [5.74, 6) is 0.741. The van der Waals surface area contributed by atoms with Crippen LogP contribution in [0.5, 0.6) is 0 Å². The van der Waals surface area contributed by atoms with E-state index in [0.29, 0.717) is 25.1 Å². The molecule has 1 aliphatic carbocycles. The SMILES string of the molecule is CC[C@@H](C(=O)NC1CCCCC1)N(Cc1cccc(C)c1)C(=O)CCSc1ccc(C)cc1. The number of nitrogens with one attached hydrogen (secondary N) is 1. The molecule has 1 aliphatic rings. The minimum absolute atomic E-state index is 0.00316. The molecular formula is C28H38N2O2S.